The highest BCUT2D eigenvalue weighted by atomic mass is 16.5. The first kappa shape index (κ1) is 15.2. The van der Waals surface area contributed by atoms with Crippen LogP contribution in [0.1, 0.15) is 26.2 Å². The lowest BCUT2D eigenvalue weighted by Crippen LogP contribution is -2.50. The van der Waals surface area contributed by atoms with E-state index in [1.165, 1.54) is 21.9 Å². The summed E-state index contributed by atoms with van der Waals surface area (Å²) >= 11 is 0. The fraction of sp³-hybridized carbons (Fsp3) is 0.571. The van der Waals surface area contributed by atoms with E-state index in [9.17, 15) is 14.4 Å². The molecule has 7 heteroatoms. The molecule has 1 aliphatic heterocycles. The van der Waals surface area contributed by atoms with Gasteiger partial charge in [-0.1, -0.05) is 0 Å². The van der Waals surface area contributed by atoms with Crippen LogP contribution in [-0.2, 0) is 20.9 Å². The SMILES string of the molecule is CCOC(=O)C1CCCCN1C(=O)Cn1cccnc1=O. The molecule has 114 valence electrons. The molecule has 1 unspecified atom stereocenters. The van der Waals surface area contributed by atoms with Gasteiger partial charge in [-0.2, -0.15) is 0 Å². The molecule has 1 fully saturated rings. The molecule has 2 heterocycles. The molecule has 1 saturated heterocycles. The molecule has 7 nitrogen and oxygen atoms in total. The lowest BCUT2D eigenvalue weighted by molar-refractivity contribution is -0.156. The Balaban J connectivity index is 2.10. The fourth-order valence-corrected chi connectivity index (χ4v) is 2.46. The van der Waals surface area contributed by atoms with Crippen LogP contribution >= 0.6 is 0 Å². The topological polar surface area (TPSA) is 81.5 Å². The minimum atomic E-state index is -0.543. The van der Waals surface area contributed by atoms with Gasteiger partial charge in [-0.25, -0.2) is 14.6 Å². The number of carbonyl (C=O) groups is 2. The number of amides is 1. The van der Waals surface area contributed by atoms with E-state index in [0.717, 1.165) is 12.8 Å². The predicted molar refractivity (Wildman–Crippen MR) is 74.5 cm³/mol. The third kappa shape index (κ3) is 3.68. The number of nitrogens with zero attached hydrogens (tertiary/aromatic N) is 3. The average Bonchev–Trinajstić information content (AvgIpc) is 2.50. The van der Waals surface area contributed by atoms with Crippen LogP contribution in [0.4, 0.5) is 0 Å². The number of rotatable bonds is 4. The van der Waals surface area contributed by atoms with E-state index in [1.54, 1.807) is 13.0 Å². The number of hydrogen-bond acceptors (Lipinski definition) is 5. The van der Waals surface area contributed by atoms with Crippen molar-refractivity contribution in [3.63, 3.8) is 0 Å². The van der Waals surface area contributed by atoms with Gasteiger partial charge in [0, 0.05) is 18.9 Å². The van der Waals surface area contributed by atoms with Crippen LogP contribution in [-0.4, -0.2) is 45.5 Å². The normalized spacial score (nSPS) is 18.3. The van der Waals surface area contributed by atoms with Gasteiger partial charge in [0.05, 0.1) is 6.61 Å². The van der Waals surface area contributed by atoms with Crippen molar-refractivity contribution in [3.8, 4) is 0 Å². The summed E-state index contributed by atoms with van der Waals surface area (Å²) < 4.78 is 6.26. The van der Waals surface area contributed by atoms with Gasteiger partial charge in [-0.05, 0) is 32.3 Å². The third-order valence-corrected chi connectivity index (χ3v) is 3.47. The highest BCUT2D eigenvalue weighted by molar-refractivity contribution is 5.84. The van der Waals surface area contributed by atoms with E-state index >= 15 is 0 Å². The monoisotopic (exact) mass is 293 g/mol. The number of likely N-dealkylation sites (tertiary alicyclic amines) is 1. The van der Waals surface area contributed by atoms with Crippen LogP contribution < -0.4 is 5.69 Å². The quantitative estimate of drug-likeness (QED) is 0.740. The van der Waals surface area contributed by atoms with Gasteiger partial charge in [0.25, 0.3) is 0 Å². The average molecular weight is 293 g/mol. The molecule has 0 saturated carbocycles. The lowest BCUT2D eigenvalue weighted by atomic mass is 10.0. The molecule has 0 aromatic carbocycles. The maximum Gasteiger partial charge on any atom is 0.347 e. The maximum absolute atomic E-state index is 12.4. The summed E-state index contributed by atoms with van der Waals surface area (Å²) in [6.07, 6.45) is 5.23. The highest BCUT2D eigenvalue weighted by Gasteiger charge is 2.33. The van der Waals surface area contributed by atoms with Crippen molar-refractivity contribution in [2.75, 3.05) is 13.2 Å². The minimum absolute atomic E-state index is 0.109. The van der Waals surface area contributed by atoms with Gasteiger partial charge in [-0.15, -0.1) is 0 Å². The van der Waals surface area contributed by atoms with E-state index in [0.29, 0.717) is 19.6 Å². The first-order chi connectivity index (χ1) is 10.1. The predicted octanol–water partition coefficient (Wildman–Crippen LogP) is 0.187. The summed E-state index contributed by atoms with van der Waals surface area (Å²) in [7, 11) is 0. The van der Waals surface area contributed by atoms with Crippen molar-refractivity contribution in [2.45, 2.75) is 38.8 Å². The molecule has 1 aliphatic rings. The van der Waals surface area contributed by atoms with Crippen LogP contribution in [0.2, 0.25) is 0 Å². The second-order valence-corrected chi connectivity index (χ2v) is 4.88. The van der Waals surface area contributed by atoms with E-state index < -0.39 is 11.7 Å². The van der Waals surface area contributed by atoms with Crippen LogP contribution in [0.5, 0.6) is 0 Å². The summed E-state index contributed by atoms with van der Waals surface area (Å²) in [5.41, 5.74) is -0.476. The van der Waals surface area contributed by atoms with Crippen LogP contribution in [0, 0.1) is 0 Å². The summed E-state index contributed by atoms with van der Waals surface area (Å²) in [6, 6.07) is 1.05. The zero-order chi connectivity index (χ0) is 15.2. The lowest BCUT2D eigenvalue weighted by Gasteiger charge is -2.34. The Morgan fingerprint density at radius 1 is 1.43 bits per heavy atom. The van der Waals surface area contributed by atoms with Crippen molar-refractivity contribution in [2.24, 2.45) is 0 Å². The number of esters is 1. The molecule has 0 bridgehead atoms. The smallest absolute Gasteiger partial charge is 0.347 e. The molecule has 1 amide bonds. The van der Waals surface area contributed by atoms with Gasteiger partial charge >= 0.3 is 11.7 Å². The third-order valence-electron chi connectivity index (χ3n) is 3.47. The standard InChI is InChI=1S/C14H19N3O4/c1-2-21-13(19)11-6-3-4-9-17(11)12(18)10-16-8-5-7-15-14(16)20/h5,7-8,11H,2-4,6,9-10H2,1H3. The first-order valence-electron chi connectivity index (χ1n) is 7.11. The first-order valence-corrected chi connectivity index (χ1v) is 7.11. The second kappa shape index (κ2) is 7.01. The number of piperidine rings is 1. The van der Waals surface area contributed by atoms with Gasteiger partial charge in [0.2, 0.25) is 5.91 Å². The molecule has 1 aromatic heterocycles. The molecule has 1 aromatic rings. The summed E-state index contributed by atoms with van der Waals surface area (Å²) in [5, 5.41) is 0. The van der Waals surface area contributed by atoms with E-state index in [4.69, 9.17) is 4.74 Å². The summed E-state index contributed by atoms with van der Waals surface area (Å²) in [6.45, 7) is 2.43. The molecule has 0 spiro atoms. The Kier molecular flexibility index (Phi) is 5.08. The summed E-state index contributed by atoms with van der Waals surface area (Å²) in [5.74, 6) is -0.632. The molecular formula is C14H19N3O4. The summed E-state index contributed by atoms with van der Waals surface area (Å²) in [4.78, 5) is 41.0. The van der Waals surface area contributed by atoms with Crippen LogP contribution in [0.25, 0.3) is 0 Å². The van der Waals surface area contributed by atoms with Crippen molar-refractivity contribution in [1.29, 1.82) is 0 Å². The van der Waals surface area contributed by atoms with Gasteiger partial charge in [0.15, 0.2) is 0 Å². The zero-order valence-corrected chi connectivity index (χ0v) is 12.0. The Morgan fingerprint density at radius 3 is 2.95 bits per heavy atom. The number of hydrogen-bond donors (Lipinski definition) is 0. The van der Waals surface area contributed by atoms with Gasteiger partial charge in [-0.3, -0.25) is 9.36 Å². The Morgan fingerprint density at radius 2 is 2.24 bits per heavy atom. The van der Waals surface area contributed by atoms with Crippen LogP contribution in [0.3, 0.4) is 0 Å². The molecule has 0 N–H and O–H groups in total. The van der Waals surface area contributed by atoms with Crippen LogP contribution in [0.15, 0.2) is 23.3 Å². The largest absolute Gasteiger partial charge is 0.464 e. The number of aromatic nitrogens is 2. The van der Waals surface area contributed by atoms with Crippen molar-refractivity contribution < 1.29 is 14.3 Å². The highest BCUT2D eigenvalue weighted by Crippen LogP contribution is 2.18. The van der Waals surface area contributed by atoms with Gasteiger partial charge in [0.1, 0.15) is 12.6 Å². The Labute approximate surface area is 122 Å². The van der Waals surface area contributed by atoms with E-state index in [2.05, 4.69) is 4.98 Å². The maximum atomic E-state index is 12.4. The van der Waals surface area contributed by atoms with E-state index in [1.807, 2.05) is 0 Å². The zero-order valence-electron chi connectivity index (χ0n) is 12.0. The van der Waals surface area contributed by atoms with Gasteiger partial charge < -0.3 is 9.64 Å². The van der Waals surface area contributed by atoms with Crippen molar-refractivity contribution in [3.05, 3.63) is 28.9 Å². The second-order valence-electron chi connectivity index (χ2n) is 4.88. The van der Waals surface area contributed by atoms with Crippen molar-refractivity contribution >= 4 is 11.9 Å². The molecule has 2 rings (SSSR count). The Bertz CT molecular complexity index is 569. The van der Waals surface area contributed by atoms with Crippen molar-refractivity contribution in [1.82, 2.24) is 14.5 Å². The Hall–Kier alpha value is -2.18. The fourth-order valence-electron chi connectivity index (χ4n) is 2.46. The molecule has 0 radical (unpaired) electrons. The molecular weight excluding hydrogens is 274 g/mol. The minimum Gasteiger partial charge on any atom is -0.464 e. The molecule has 1 atom stereocenters. The number of carbonyl (C=O) groups excluding carboxylic acids is 2. The number of ether oxygens (including phenoxy) is 1. The molecule has 0 aliphatic carbocycles. The van der Waals surface area contributed by atoms with E-state index in [-0.39, 0.29) is 18.4 Å². The molecule has 21 heavy (non-hydrogen) atoms.